The molecule has 0 unspecified atom stereocenters. The molecule has 0 fully saturated rings. The highest BCUT2D eigenvalue weighted by atomic mass is 35.5. The smallest absolute Gasteiger partial charge is 0.259 e. The number of carbonyl (C=O) groups excluding carboxylic acids is 2. The maximum absolute atomic E-state index is 14.5. The van der Waals surface area contributed by atoms with Gasteiger partial charge >= 0.3 is 0 Å². The molecule has 2 aromatic carbocycles. The van der Waals surface area contributed by atoms with E-state index in [0.29, 0.717) is 29.5 Å². The number of halogens is 2. The average Bonchev–Trinajstić information content (AvgIpc) is 3.16. The molecule has 0 saturated carbocycles. The molecule has 2 atom stereocenters. The van der Waals surface area contributed by atoms with E-state index in [1.807, 2.05) is 0 Å². The number of nitrogens with two attached hydrogens (primary N) is 1. The van der Waals surface area contributed by atoms with Gasteiger partial charge in [-0.1, -0.05) is 29.8 Å². The lowest BCUT2D eigenvalue weighted by Gasteiger charge is -2.35. The number of hydrogen-bond acceptors (Lipinski definition) is 4. The number of primary amides is 1. The minimum atomic E-state index is -1.18. The van der Waals surface area contributed by atoms with E-state index in [9.17, 15) is 19.1 Å². The van der Waals surface area contributed by atoms with Crippen LogP contribution in [-0.4, -0.2) is 26.8 Å². The van der Waals surface area contributed by atoms with E-state index in [4.69, 9.17) is 17.3 Å². The zero-order valence-corrected chi connectivity index (χ0v) is 17.1. The maximum atomic E-state index is 14.5. The van der Waals surface area contributed by atoms with Gasteiger partial charge < -0.3 is 15.7 Å². The zero-order valence-electron chi connectivity index (χ0n) is 16.3. The van der Waals surface area contributed by atoms with Crippen molar-refractivity contribution in [2.45, 2.75) is 24.9 Å². The monoisotopic (exact) mass is 439 g/mol. The molecule has 158 valence electrons. The summed E-state index contributed by atoms with van der Waals surface area (Å²) in [6.45, 7) is 0. The van der Waals surface area contributed by atoms with Crippen LogP contribution in [-0.2, 0) is 11.2 Å². The van der Waals surface area contributed by atoms with Crippen LogP contribution in [0.3, 0.4) is 0 Å². The van der Waals surface area contributed by atoms with E-state index in [0.717, 1.165) is 0 Å². The molecular formula is C23H19ClFN3O3. The lowest BCUT2D eigenvalue weighted by Crippen LogP contribution is -2.43. The highest BCUT2D eigenvalue weighted by molar-refractivity contribution is 6.30. The van der Waals surface area contributed by atoms with Crippen LogP contribution in [0, 0.1) is 5.82 Å². The van der Waals surface area contributed by atoms with Crippen molar-refractivity contribution >= 4 is 23.4 Å². The summed E-state index contributed by atoms with van der Waals surface area (Å²) < 4.78 is 14.5. The number of fused-ring (bicyclic) bond motifs is 1. The third-order valence-electron chi connectivity index (χ3n) is 5.47. The van der Waals surface area contributed by atoms with E-state index >= 15 is 0 Å². The molecule has 0 spiro atoms. The van der Waals surface area contributed by atoms with Crippen LogP contribution >= 0.6 is 11.6 Å². The minimum absolute atomic E-state index is 0.00795. The predicted molar refractivity (Wildman–Crippen MR) is 113 cm³/mol. The number of phenolic OH excluding ortho intramolecular Hbond substituents is 1. The zero-order chi connectivity index (χ0) is 22.1. The van der Waals surface area contributed by atoms with Crippen LogP contribution in [0.15, 0.2) is 60.9 Å². The quantitative estimate of drug-likeness (QED) is 0.629. The summed E-state index contributed by atoms with van der Waals surface area (Å²) >= 11 is 6.09. The minimum Gasteiger partial charge on any atom is -0.507 e. The van der Waals surface area contributed by atoms with Crippen molar-refractivity contribution in [3.05, 3.63) is 94.0 Å². The van der Waals surface area contributed by atoms with Crippen molar-refractivity contribution in [2.24, 2.45) is 5.73 Å². The van der Waals surface area contributed by atoms with Gasteiger partial charge in [-0.25, -0.2) is 4.39 Å². The van der Waals surface area contributed by atoms with E-state index < -0.39 is 29.7 Å². The fraction of sp³-hybridized carbons (Fsp3) is 0.174. The Morgan fingerprint density at radius 2 is 2.00 bits per heavy atom. The second-order valence-electron chi connectivity index (χ2n) is 7.33. The molecule has 1 heterocycles. The van der Waals surface area contributed by atoms with E-state index in [-0.39, 0.29) is 16.3 Å². The SMILES string of the molecule is NC(=O)[C@H](c1cccnc1)N(C(=O)c1ccccc1O)[C@@H]1CCc2c(F)cc(Cl)cc21. The topological polar surface area (TPSA) is 96.5 Å². The molecule has 0 bridgehead atoms. The van der Waals surface area contributed by atoms with Gasteiger partial charge in [-0.2, -0.15) is 0 Å². The summed E-state index contributed by atoms with van der Waals surface area (Å²) in [7, 11) is 0. The standard InChI is InChI=1S/C23H19ClFN3O3/c24-14-10-17-15(18(25)11-14)7-8-19(17)28(23(31)16-5-1-2-6-20(16)29)21(22(26)30)13-4-3-9-27-12-13/h1-6,9-12,19,21,29H,7-8H2,(H2,26,30)/t19-,21+/m1/s1. The molecule has 31 heavy (non-hydrogen) atoms. The number of aromatic hydroxyl groups is 1. The van der Waals surface area contributed by atoms with Crippen molar-refractivity contribution < 1.29 is 19.1 Å². The fourth-order valence-electron chi connectivity index (χ4n) is 4.14. The number of rotatable bonds is 5. The molecule has 8 heteroatoms. The van der Waals surface area contributed by atoms with Crippen LogP contribution in [0.5, 0.6) is 5.75 Å². The van der Waals surface area contributed by atoms with Gasteiger partial charge in [0.15, 0.2) is 0 Å². The van der Waals surface area contributed by atoms with Crippen molar-refractivity contribution in [1.82, 2.24) is 9.88 Å². The lowest BCUT2D eigenvalue weighted by atomic mass is 9.98. The Hall–Kier alpha value is -3.45. The van der Waals surface area contributed by atoms with E-state index in [1.165, 1.54) is 35.5 Å². The third-order valence-corrected chi connectivity index (χ3v) is 5.69. The first-order valence-electron chi connectivity index (χ1n) is 9.66. The molecule has 1 aliphatic rings. The molecule has 0 radical (unpaired) electrons. The Labute approximate surface area is 183 Å². The van der Waals surface area contributed by atoms with Gasteiger partial charge in [0.05, 0.1) is 11.6 Å². The molecular weight excluding hydrogens is 421 g/mol. The lowest BCUT2D eigenvalue weighted by molar-refractivity contribution is -0.123. The van der Waals surface area contributed by atoms with Crippen LogP contribution < -0.4 is 5.73 Å². The molecule has 0 aliphatic heterocycles. The summed E-state index contributed by atoms with van der Waals surface area (Å²) in [5, 5.41) is 10.5. The highest BCUT2D eigenvalue weighted by Gasteiger charge is 2.41. The fourth-order valence-corrected chi connectivity index (χ4v) is 4.36. The van der Waals surface area contributed by atoms with Crippen LogP contribution in [0.25, 0.3) is 0 Å². The van der Waals surface area contributed by atoms with Gasteiger partial charge in [0.1, 0.15) is 17.6 Å². The Morgan fingerprint density at radius 3 is 2.68 bits per heavy atom. The number of nitrogens with zero attached hydrogens (tertiary/aromatic N) is 2. The average molecular weight is 440 g/mol. The second-order valence-corrected chi connectivity index (χ2v) is 7.77. The number of pyridine rings is 1. The molecule has 3 N–H and O–H groups in total. The van der Waals surface area contributed by atoms with Crippen molar-refractivity contribution in [2.75, 3.05) is 0 Å². The number of phenols is 1. The van der Waals surface area contributed by atoms with Crippen LogP contribution in [0.4, 0.5) is 4.39 Å². The number of amides is 2. The molecule has 1 aromatic heterocycles. The molecule has 1 aliphatic carbocycles. The van der Waals surface area contributed by atoms with Gasteiger partial charge in [-0.3, -0.25) is 14.6 Å². The predicted octanol–water partition coefficient (Wildman–Crippen LogP) is 3.94. The first kappa shape index (κ1) is 20.8. The van der Waals surface area contributed by atoms with Gasteiger partial charge in [-0.15, -0.1) is 0 Å². The molecule has 3 aromatic rings. The van der Waals surface area contributed by atoms with Crippen molar-refractivity contribution in [1.29, 1.82) is 0 Å². The number of hydrogen-bond donors (Lipinski definition) is 2. The van der Waals surface area contributed by atoms with Gasteiger partial charge in [0.2, 0.25) is 5.91 Å². The number of para-hydroxylation sites is 1. The van der Waals surface area contributed by atoms with Crippen LogP contribution in [0.2, 0.25) is 5.02 Å². The van der Waals surface area contributed by atoms with Gasteiger partial charge in [-0.05, 0) is 54.3 Å². The van der Waals surface area contributed by atoms with Crippen LogP contribution in [0.1, 0.15) is 45.6 Å². The summed E-state index contributed by atoms with van der Waals surface area (Å²) in [6.07, 6.45) is 3.73. The summed E-state index contributed by atoms with van der Waals surface area (Å²) in [4.78, 5) is 31.6. The molecule has 0 saturated heterocycles. The second kappa shape index (κ2) is 8.35. The Morgan fingerprint density at radius 1 is 1.23 bits per heavy atom. The van der Waals surface area contributed by atoms with Crippen molar-refractivity contribution in [3.8, 4) is 5.75 Å². The summed E-state index contributed by atoms with van der Waals surface area (Å²) in [5.74, 6) is -2.07. The van der Waals surface area contributed by atoms with Gasteiger partial charge in [0.25, 0.3) is 5.91 Å². The number of carbonyl (C=O) groups is 2. The first-order valence-corrected chi connectivity index (χ1v) is 10.0. The molecule has 2 amide bonds. The number of benzene rings is 2. The first-order chi connectivity index (χ1) is 14.9. The summed E-state index contributed by atoms with van der Waals surface area (Å²) in [6, 6.07) is 10.3. The Bertz CT molecular complexity index is 1160. The number of aromatic nitrogens is 1. The van der Waals surface area contributed by atoms with Gasteiger partial charge in [0, 0.05) is 23.0 Å². The molecule has 6 nitrogen and oxygen atoms in total. The third kappa shape index (κ3) is 3.84. The highest BCUT2D eigenvalue weighted by Crippen LogP contribution is 2.43. The Kier molecular flexibility index (Phi) is 5.61. The maximum Gasteiger partial charge on any atom is 0.259 e. The molecule has 4 rings (SSSR count). The van der Waals surface area contributed by atoms with E-state index in [1.54, 1.807) is 30.3 Å². The summed E-state index contributed by atoms with van der Waals surface area (Å²) in [5.41, 5.74) is 7.13. The Balaban J connectivity index is 1.90. The normalized spacial score (nSPS) is 15.9. The van der Waals surface area contributed by atoms with E-state index in [2.05, 4.69) is 4.98 Å². The van der Waals surface area contributed by atoms with Crippen molar-refractivity contribution in [3.63, 3.8) is 0 Å². The largest absolute Gasteiger partial charge is 0.507 e.